The summed E-state index contributed by atoms with van der Waals surface area (Å²) in [7, 11) is -3.67. The summed E-state index contributed by atoms with van der Waals surface area (Å²) in [5.74, 6) is -0.543. The number of rotatable bonds is 4. The molecule has 1 aliphatic rings. The van der Waals surface area contributed by atoms with Gasteiger partial charge >= 0.3 is 0 Å². The zero-order valence-corrected chi connectivity index (χ0v) is 14.6. The van der Waals surface area contributed by atoms with E-state index in [1.54, 1.807) is 13.8 Å². The number of carbonyl (C=O) groups excluding carboxylic acids is 2. The fraction of sp³-hybridized carbons (Fsp3) is 0.500. The number of benzene rings is 1. The van der Waals surface area contributed by atoms with E-state index in [-0.39, 0.29) is 17.3 Å². The van der Waals surface area contributed by atoms with Gasteiger partial charge in [0.25, 0.3) is 5.91 Å². The summed E-state index contributed by atoms with van der Waals surface area (Å²) in [6.07, 6.45) is 0. The molecule has 1 aromatic rings. The second-order valence-electron chi connectivity index (χ2n) is 6.86. The summed E-state index contributed by atoms with van der Waals surface area (Å²) < 4.78 is 25.3. The van der Waals surface area contributed by atoms with Gasteiger partial charge in [-0.25, -0.2) is 12.7 Å². The van der Waals surface area contributed by atoms with E-state index in [0.29, 0.717) is 18.0 Å². The zero-order valence-electron chi connectivity index (χ0n) is 13.8. The molecule has 0 spiro atoms. The summed E-state index contributed by atoms with van der Waals surface area (Å²) in [5, 5.41) is 2.79. The Morgan fingerprint density at radius 2 is 1.83 bits per heavy atom. The highest BCUT2D eigenvalue weighted by molar-refractivity contribution is 7.94. The van der Waals surface area contributed by atoms with Crippen LogP contribution in [0.15, 0.2) is 24.3 Å². The van der Waals surface area contributed by atoms with Gasteiger partial charge in [-0.1, -0.05) is 13.8 Å². The van der Waals surface area contributed by atoms with Crippen molar-refractivity contribution in [2.45, 2.75) is 27.7 Å². The molecule has 126 valence electrons. The minimum atomic E-state index is -3.67. The second kappa shape index (κ2) is 5.96. The first-order valence-corrected chi connectivity index (χ1v) is 9.11. The molecule has 23 heavy (non-hydrogen) atoms. The fourth-order valence-corrected chi connectivity index (χ4v) is 4.52. The number of anilines is 1. The van der Waals surface area contributed by atoms with Crippen LogP contribution in [0.3, 0.4) is 0 Å². The first kappa shape index (κ1) is 17.5. The molecular formula is C16H22N2O4S. The smallest absolute Gasteiger partial charge is 0.251 e. The van der Waals surface area contributed by atoms with Crippen molar-refractivity contribution in [2.75, 3.05) is 16.6 Å². The van der Waals surface area contributed by atoms with Crippen LogP contribution in [0.1, 0.15) is 38.1 Å². The van der Waals surface area contributed by atoms with Crippen molar-refractivity contribution in [1.29, 1.82) is 0 Å². The molecule has 1 saturated heterocycles. The molecule has 2 amide bonds. The van der Waals surface area contributed by atoms with E-state index in [1.165, 1.54) is 24.3 Å². The number of carbonyl (C=O) groups is 2. The maximum atomic E-state index is 12.3. The normalized spacial score (nSPS) is 19.2. The highest BCUT2D eigenvalue weighted by Crippen LogP contribution is 2.35. The monoisotopic (exact) mass is 338 g/mol. The minimum absolute atomic E-state index is 0.213. The van der Waals surface area contributed by atoms with Gasteiger partial charge in [-0.2, -0.15) is 0 Å². The molecule has 1 aromatic carbocycles. The third-order valence-electron chi connectivity index (χ3n) is 3.62. The van der Waals surface area contributed by atoms with E-state index in [0.717, 1.165) is 4.31 Å². The standard InChI is InChI=1S/C16H22N2O4S/c1-11(2)9-17-14(19)12-5-7-13(8-6-12)18-15(20)16(3,4)10-23(18,21)22/h5-8,11H,9-10H2,1-4H3,(H,17,19). The topological polar surface area (TPSA) is 83.6 Å². The molecule has 0 atom stereocenters. The van der Waals surface area contributed by atoms with Gasteiger partial charge in [-0.3, -0.25) is 9.59 Å². The SMILES string of the molecule is CC(C)CNC(=O)c1ccc(N2C(=O)C(C)(C)CS2(=O)=O)cc1. The maximum absolute atomic E-state index is 12.3. The number of nitrogens with one attached hydrogen (secondary N) is 1. The Bertz CT molecular complexity index is 721. The highest BCUT2D eigenvalue weighted by Gasteiger charge is 2.49. The van der Waals surface area contributed by atoms with E-state index >= 15 is 0 Å². The lowest BCUT2D eigenvalue weighted by Crippen LogP contribution is -2.33. The van der Waals surface area contributed by atoms with Crippen LogP contribution in [0.5, 0.6) is 0 Å². The van der Waals surface area contributed by atoms with Crippen molar-refractivity contribution in [3.8, 4) is 0 Å². The molecule has 0 aliphatic carbocycles. The van der Waals surface area contributed by atoms with Gasteiger partial charge in [0.15, 0.2) is 0 Å². The number of hydrogen-bond acceptors (Lipinski definition) is 4. The molecule has 1 heterocycles. The molecule has 1 aliphatic heterocycles. The first-order chi connectivity index (χ1) is 10.5. The largest absolute Gasteiger partial charge is 0.352 e. The number of amides is 2. The average Bonchev–Trinajstić information content (AvgIpc) is 2.60. The molecule has 0 bridgehead atoms. The summed E-state index contributed by atoms with van der Waals surface area (Å²) in [6.45, 7) is 7.78. The van der Waals surface area contributed by atoms with Crippen LogP contribution in [0.4, 0.5) is 5.69 Å². The number of hydrogen-bond donors (Lipinski definition) is 1. The van der Waals surface area contributed by atoms with Gasteiger partial charge in [0.05, 0.1) is 16.9 Å². The number of sulfonamides is 1. The Hall–Kier alpha value is -1.89. The van der Waals surface area contributed by atoms with Crippen LogP contribution >= 0.6 is 0 Å². The van der Waals surface area contributed by atoms with Crippen LogP contribution in [0.25, 0.3) is 0 Å². The Morgan fingerprint density at radius 3 is 2.26 bits per heavy atom. The minimum Gasteiger partial charge on any atom is -0.352 e. The molecule has 1 N–H and O–H groups in total. The molecule has 0 saturated carbocycles. The maximum Gasteiger partial charge on any atom is 0.251 e. The van der Waals surface area contributed by atoms with Crippen LogP contribution in [0.2, 0.25) is 0 Å². The molecular weight excluding hydrogens is 316 g/mol. The lowest BCUT2D eigenvalue weighted by molar-refractivity contribution is -0.123. The van der Waals surface area contributed by atoms with Gasteiger partial charge in [-0.15, -0.1) is 0 Å². The average molecular weight is 338 g/mol. The van der Waals surface area contributed by atoms with Crippen LogP contribution < -0.4 is 9.62 Å². The van der Waals surface area contributed by atoms with Gasteiger partial charge in [0.2, 0.25) is 15.9 Å². The molecule has 6 nitrogen and oxygen atoms in total. The van der Waals surface area contributed by atoms with E-state index in [4.69, 9.17) is 0 Å². The first-order valence-electron chi connectivity index (χ1n) is 7.50. The zero-order chi connectivity index (χ0) is 17.4. The molecule has 0 aromatic heterocycles. The van der Waals surface area contributed by atoms with E-state index in [1.807, 2.05) is 13.8 Å². The van der Waals surface area contributed by atoms with E-state index < -0.39 is 21.3 Å². The quantitative estimate of drug-likeness (QED) is 0.907. The summed E-state index contributed by atoms with van der Waals surface area (Å²) >= 11 is 0. The Morgan fingerprint density at radius 1 is 1.26 bits per heavy atom. The predicted molar refractivity (Wildman–Crippen MR) is 88.7 cm³/mol. The summed E-state index contributed by atoms with van der Waals surface area (Å²) in [6, 6.07) is 6.03. The summed E-state index contributed by atoms with van der Waals surface area (Å²) in [5.41, 5.74) is -0.245. The number of nitrogens with zero attached hydrogens (tertiary/aromatic N) is 1. The Labute approximate surface area is 136 Å². The lowest BCUT2D eigenvalue weighted by atomic mass is 9.95. The van der Waals surface area contributed by atoms with Crippen molar-refractivity contribution >= 4 is 27.5 Å². The van der Waals surface area contributed by atoms with Crippen LogP contribution in [-0.2, 0) is 14.8 Å². The van der Waals surface area contributed by atoms with Crippen molar-refractivity contribution in [2.24, 2.45) is 11.3 Å². The van der Waals surface area contributed by atoms with Crippen molar-refractivity contribution in [1.82, 2.24) is 5.32 Å². The Kier molecular flexibility index (Phi) is 4.52. The van der Waals surface area contributed by atoms with Gasteiger partial charge < -0.3 is 5.32 Å². The summed E-state index contributed by atoms with van der Waals surface area (Å²) in [4.78, 5) is 24.3. The predicted octanol–water partition coefficient (Wildman–Crippen LogP) is 1.78. The van der Waals surface area contributed by atoms with Crippen molar-refractivity contribution in [3.05, 3.63) is 29.8 Å². The van der Waals surface area contributed by atoms with Gasteiger partial charge in [0.1, 0.15) is 0 Å². The van der Waals surface area contributed by atoms with E-state index in [2.05, 4.69) is 5.32 Å². The van der Waals surface area contributed by atoms with Gasteiger partial charge in [0, 0.05) is 12.1 Å². The second-order valence-corrected chi connectivity index (χ2v) is 8.68. The lowest BCUT2D eigenvalue weighted by Gasteiger charge is -2.17. The Balaban J connectivity index is 2.23. The highest BCUT2D eigenvalue weighted by atomic mass is 32.2. The third-order valence-corrected chi connectivity index (χ3v) is 5.64. The van der Waals surface area contributed by atoms with Crippen LogP contribution in [0, 0.1) is 11.3 Å². The van der Waals surface area contributed by atoms with Crippen LogP contribution in [-0.4, -0.2) is 32.5 Å². The molecule has 7 heteroatoms. The molecule has 1 fully saturated rings. The van der Waals surface area contributed by atoms with Gasteiger partial charge in [-0.05, 0) is 44.0 Å². The molecule has 0 unspecified atom stereocenters. The van der Waals surface area contributed by atoms with Crippen molar-refractivity contribution in [3.63, 3.8) is 0 Å². The third kappa shape index (κ3) is 3.55. The molecule has 0 radical (unpaired) electrons. The molecule has 2 rings (SSSR count). The van der Waals surface area contributed by atoms with E-state index in [9.17, 15) is 18.0 Å². The van der Waals surface area contributed by atoms with Crippen molar-refractivity contribution < 1.29 is 18.0 Å². The fourth-order valence-electron chi connectivity index (χ4n) is 2.41.